The summed E-state index contributed by atoms with van der Waals surface area (Å²) < 4.78 is 5.90. The third kappa shape index (κ3) is 5.00. The van der Waals surface area contributed by atoms with E-state index in [0.29, 0.717) is 24.0 Å². The highest BCUT2D eigenvalue weighted by molar-refractivity contribution is 6.43. The van der Waals surface area contributed by atoms with Gasteiger partial charge in [0.2, 0.25) is 11.8 Å². The number of nitro groups is 1. The van der Waals surface area contributed by atoms with Gasteiger partial charge in [0.15, 0.2) is 0 Å². The lowest BCUT2D eigenvalue weighted by Crippen LogP contribution is -2.46. The van der Waals surface area contributed by atoms with Crippen LogP contribution in [0, 0.1) is 27.9 Å². The van der Waals surface area contributed by atoms with Crippen LogP contribution in [-0.2, 0) is 14.2 Å². The zero-order chi connectivity index (χ0) is 27.8. The topological polar surface area (TPSA) is 150 Å². The Hall–Kier alpha value is -3.80. The number of aliphatic hydroxyl groups is 1. The minimum atomic E-state index is -1.15. The van der Waals surface area contributed by atoms with Crippen molar-refractivity contribution in [2.24, 2.45) is 17.8 Å². The van der Waals surface area contributed by atoms with Gasteiger partial charge in [-0.2, -0.15) is 0 Å². The van der Waals surface area contributed by atoms with Crippen LogP contribution in [-0.4, -0.2) is 51.8 Å². The third-order valence-corrected chi connectivity index (χ3v) is 7.94. The Morgan fingerprint density at radius 2 is 1.95 bits per heavy atom. The normalized spacial score (nSPS) is 25.2. The Morgan fingerprint density at radius 3 is 2.67 bits per heavy atom. The minimum absolute atomic E-state index is 0.102. The van der Waals surface area contributed by atoms with Gasteiger partial charge in [-0.3, -0.25) is 19.7 Å². The molecule has 10 nitrogen and oxygen atoms in total. The Bertz CT molecular complexity index is 1390. The highest BCUT2D eigenvalue weighted by Crippen LogP contribution is 2.51. The zero-order valence-electron chi connectivity index (χ0n) is 21.4. The molecule has 2 fully saturated rings. The molecule has 0 aromatic heterocycles. The Kier molecular flexibility index (Phi) is 7.39. The number of anilines is 1. The maximum absolute atomic E-state index is 13.7. The second-order valence-corrected chi connectivity index (χ2v) is 10.4. The molecule has 11 heteroatoms. The number of rotatable bonds is 7. The van der Waals surface area contributed by atoms with Gasteiger partial charge in [-0.1, -0.05) is 35.9 Å². The van der Waals surface area contributed by atoms with Crippen molar-refractivity contribution in [3.63, 3.8) is 0 Å². The van der Waals surface area contributed by atoms with Gasteiger partial charge in [-0.05, 0) is 61.7 Å². The fourth-order valence-electron chi connectivity index (χ4n) is 6.22. The quantitative estimate of drug-likeness (QED) is 0.161. The second-order valence-electron chi connectivity index (χ2n) is 10.4. The van der Waals surface area contributed by atoms with Gasteiger partial charge in [-0.25, -0.2) is 4.90 Å². The van der Waals surface area contributed by atoms with Crippen LogP contribution in [0.3, 0.4) is 0 Å². The second kappa shape index (κ2) is 10.8. The predicted molar refractivity (Wildman–Crippen MR) is 143 cm³/mol. The van der Waals surface area contributed by atoms with Crippen molar-refractivity contribution in [3.8, 4) is 5.75 Å². The SMILES string of the molecule is C/C(=C\c1ccccc1O)CC[C@H]1OB(O)C[C@H]2C1=C(CO)C[C@H]1C(=O)N(c3cccc([N+](=O)[O-])c3)C(=O)[C@H]12. The lowest BCUT2D eigenvalue weighted by atomic mass is 9.58. The van der Waals surface area contributed by atoms with Gasteiger partial charge in [0.25, 0.3) is 5.69 Å². The lowest BCUT2D eigenvalue weighted by Gasteiger charge is -2.42. The number of nitrogens with zero attached hydrogens (tertiary/aromatic N) is 2. The van der Waals surface area contributed by atoms with E-state index in [-0.39, 0.29) is 36.5 Å². The zero-order valence-corrected chi connectivity index (χ0v) is 21.4. The fraction of sp³-hybridized carbons (Fsp3) is 0.357. The number of amides is 2. The van der Waals surface area contributed by atoms with E-state index in [1.165, 1.54) is 24.3 Å². The molecule has 3 aliphatic rings. The number of carbonyl (C=O) groups is 2. The number of phenols is 1. The number of nitro benzene ring substituents is 1. The number of allylic oxidation sites excluding steroid dienone is 1. The van der Waals surface area contributed by atoms with Crippen molar-refractivity contribution in [1.29, 1.82) is 0 Å². The summed E-state index contributed by atoms with van der Waals surface area (Å²) >= 11 is 0. The Balaban J connectivity index is 1.42. The average Bonchev–Trinajstić information content (AvgIpc) is 3.17. The molecule has 0 bridgehead atoms. The van der Waals surface area contributed by atoms with Gasteiger partial charge < -0.3 is 19.9 Å². The fourth-order valence-corrected chi connectivity index (χ4v) is 6.22. The molecule has 2 aromatic carbocycles. The standard InChI is InChI=1S/C28H29BN2O8/c1-16(11-17-5-2-3-8-23(17)33)9-10-24-25-18(15-32)12-21-26(22(25)14-29(36)39-24)28(35)30(27(21)34)19-6-4-7-20(13-19)31(37)38/h2-8,11,13,21-22,24,26,32-33,36H,9-10,12,14-15H2,1H3/b16-11+/t21-,22+,24-,26-/m1/s1. The van der Waals surface area contributed by atoms with Crippen LogP contribution in [0.15, 0.2) is 65.3 Å². The van der Waals surface area contributed by atoms with Crippen LogP contribution in [0.2, 0.25) is 6.32 Å². The van der Waals surface area contributed by atoms with Crippen molar-refractivity contribution in [2.75, 3.05) is 11.5 Å². The molecule has 1 aliphatic carbocycles. The number of hydrogen-bond acceptors (Lipinski definition) is 8. The first-order valence-electron chi connectivity index (χ1n) is 12.9. The molecular formula is C28H29BN2O8. The third-order valence-electron chi connectivity index (χ3n) is 7.94. The van der Waals surface area contributed by atoms with Gasteiger partial charge in [0.05, 0.1) is 35.2 Å². The van der Waals surface area contributed by atoms with Crippen molar-refractivity contribution >= 4 is 36.4 Å². The number of fused-ring (bicyclic) bond motifs is 3. The molecule has 0 saturated carbocycles. The van der Waals surface area contributed by atoms with Crippen molar-refractivity contribution in [2.45, 2.75) is 38.6 Å². The van der Waals surface area contributed by atoms with Crippen molar-refractivity contribution in [1.82, 2.24) is 0 Å². The van der Waals surface area contributed by atoms with E-state index in [9.17, 15) is 34.9 Å². The predicted octanol–water partition coefficient (Wildman–Crippen LogP) is 3.48. The Labute approximate surface area is 225 Å². The number of para-hydroxylation sites is 1. The largest absolute Gasteiger partial charge is 0.507 e. The molecule has 0 spiro atoms. The van der Waals surface area contributed by atoms with Crippen LogP contribution in [0.1, 0.15) is 31.7 Å². The van der Waals surface area contributed by atoms with E-state index in [2.05, 4.69) is 0 Å². The van der Waals surface area contributed by atoms with E-state index in [1.54, 1.807) is 18.2 Å². The number of carbonyl (C=O) groups excluding carboxylic acids is 2. The van der Waals surface area contributed by atoms with Gasteiger partial charge >= 0.3 is 7.12 Å². The Morgan fingerprint density at radius 1 is 1.18 bits per heavy atom. The molecule has 5 rings (SSSR count). The highest BCUT2D eigenvalue weighted by atomic mass is 16.6. The van der Waals surface area contributed by atoms with Crippen molar-refractivity contribution < 1.29 is 34.4 Å². The maximum Gasteiger partial charge on any atom is 0.455 e. The molecule has 2 heterocycles. The summed E-state index contributed by atoms with van der Waals surface area (Å²) in [6, 6.07) is 12.4. The maximum atomic E-state index is 13.7. The summed E-state index contributed by atoms with van der Waals surface area (Å²) in [5.41, 5.74) is 2.94. The van der Waals surface area contributed by atoms with E-state index in [4.69, 9.17) is 4.65 Å². The number of benzene rings is 2. The monoisotopic (exact) mass is 532 g/mol. The summed E-state index contributed by atoms with van der Waals surface area (Å²) in [4.78, 5) is 38.9. The molecule has 4 atom stereocenters. The first-order chi connectivity index (χ1) is 18.7. The summed E-state index contributed by atoms with van der Waals surface area (Å²) in [6.45, 7) is 1.62. The summed E-state index contributed by atoms with van der Waals surface area (Å²) in [5, 5.41) is 42.3. The van der Waals surface area contributed by atoms with Crippen LogP contribution in [0.5, 0.6) is 5.75 Å². The number of imide groups is 1. The van der Waals surface area contributed by atoms with Gasteiger partial charge in [0, 0.05) is 17.7 Å². The summed E-state index contributed by atoms with van der Waals surface area (Å²) in [7, 11) is -1.15. The number of phenolic OH excluding ortho intramolecular Hbond substituents is 1. The van der Waals surface area contributed by atoms with E-state index in [0.717, 1.165) is 16.0 Å². The molecule has 2 saturated heterocycles. The molecule has 0 unspecified atom stereocenters. The smallest absolute Gasteiger partial charge is 0.455 e. The molecule has 3 N–H and O–H groups in total. The first kappa shape index (κ1) is 26.8. The van der Waals surface area contributed by atoms with Gasteiger partial charge in [0.1, 0.15) is 5.75 Å². The highest BCUT2D eigenvalue weighted by Gasteiger charge is 2.57. The van der Waals surface area contributed by atoms with E-state index >= 15 is 0 Å². The van der Waals surface area contributed by atoms with Crippen LogP contribution < -0.4 is 4.90 Å². The van der Waals surface area contributed by atoms with Crippen LogP contribution in [0.25, 0.3) is 6.08 Å². The number of aliphatic hydroxyl groups excluding tert-OH is 1. The van der Waals surface area contributed by atoms with Crippen molar-refractivity contribution in [3.05, 3.63) is 80.9 Å². The number of non-ortho nitro benzene ring substituents is 1. The first-order valence-corrected chi connectivity index (χ1v) is 12.9. The molecule has 2 aromatic rings. The molecule has 39 heavy (non-hydrogen) atoms. The summed E-state index contributed by atoms with van der Waals surface area (Å²) in [5.74, 6) is -2.77. The van der Waals surface area contributed by atoms with E-state index in [1.807, 2.05) is 19.1 Å². The van der Waals surface area contributed by atoms with Crippen LogP contribution in [0.4, 0.5) is 11.4 Å². The molecule has 2 amide bonds. The van der Waals surface area contributed by atoms with Gasteiger partial charge in [-0.15, -0.1) is 0 Å². The van der Waals surface area contributed by atoms with E-state index < -0.39 is 47.7 Å². The number of hydrogen-bond donors (Lipinski definition) is 3. The lowest BCUT2D eigenvalue weighted by molar-refractivity contribution is -0.384. The average molecular weight is 532 g/mol. The minimum Gasteiger partial charge on any atom is -0.507 e. The molecule has 2 aliphatic heterocycles. The molecule has 202 valence electrons. The molecule has 0 radical (unpaired) electrons. The molecular weight excluding hydrogens is 503 g/mol. The number of aromatic hydroxyl groups is 1. The van der Waals surface area contributed by atoms with Crippen LogP contribution >= 0.6 is 0 Å². The summed E-state index contributed by atoms with van der Waals surface area (Å²) in [6.07, 6.45) is 2.62.